The van der Waals surface area contributed by atoms with E-state index in [2.05, 4.69) is 15.3 Å². The first kappa shape index (κ1) is 28.0. The number of hydrogen-bond acceptors (Lipinski definition) is 12. The van der Waals surface area contributed by atoms with Crippen LogP contribution in [0.3, 0.4) is 0 Å². The molecule has 0 unspecified atom stereocenters. The van der Waals surface area contributed by atoms with E-state index in [9.17, 15) is 29.8 Å². The van der Waals surface area contributed by atoms with Gasteiger partial charge in [-0.25, -0.2) is 0 Å². The third kappa shape index (κ3) is 7.48. The zero-order chi connectivity index (χ0) is 28.5. The van der Waals surface area contributed by atoms with Crippen LogP contribution in [0.25, 0.3) is 0 Å². The van der Waals surface area contributed by atoms with Crippen LogP contribution in [0.4, 0.5) is 17.1 Å². The lowest BCUT2D eigenvalue weighted by molar-refractivity contribution is -0.393. The molecule has 202 valence electrons. The molecule has 0 aromatic heterocycles. The molecule has 0 fully saturated rings. The molecule has 0 radical (unpaired) electrons. The number of carbonyl (C=O) groups excluding carboxylic acids is 2. The monoisotopic (exact) mass is 538 g/mol. The summed E-state index contributed by atoms with van der Waals surface area (Å²) in [5, 5.41) is 26.3. The van der Waals surface area contributed by atoms with Crippen LogP contribution in [-0.2, 0) is 20.7 Å². The average Bonchev–Trinajstić information content (AvgIpc) is 2.90. The number of hydrazone groups is 1. The summed E-state index contributed by atoms with van der Waals surface area (Å²) in [6.45, 7) is 1.21. The van der Waals surface area contributed by atoms with Crippen LogP contribution in [0.5, 0.6) is 23.0 Å². The van der Waals surface area contributed by atoms with E-state index in [1.807, 2.05) is 0 Å². The highest BCUT2D eigenvalue weighted by Gasteiger charge is 2.20. The molecule has 0 aliphatic carbocycles. The van der Waals surface area contributed by atoms with Crippen molar-refractivity contribution < 1.29 is 38.4 Å². The minimum absolute atomic E-state index is 0.000229. The molecular formula is C25H22N4O10. The van der Waals surface area contributed by atoms with Gasteiger partial charge in [0.2, 0.25) is 5.75 Å². The van der Waals surface area contributed by atoms with Gasteiger partial charge in [-0.1, -0.05) is 12.1 Å². The van der Waals surface area contributed by atoms with Gasteiger partial charge in [-0.05, 0) is 35.9 Å². The maximum absolute atomic E-state index is 11.7. The van der Waals surface area contributed by atoms with Crippen molar-refractivity contribution in [3.63, 3.8) is 0 Å². The minimum Gasteiger partial charge on any atom is -0.493 e. The Kier molecular flexibility index (Phi) is 9.08. The predicted octanol–water partition coefficient (Wildman–Crippen LogP) is 4.39. The standard InChI is InChI=1S/C25H22N4O10/c1-15(30)38-25-22(36-2)10-17(11-23(25)39-19-7-4-16(5-8-19)12-24(31)37-3)14-26-27-20-9-6-18(28(32)33)13-21(20)29(34)35/h4-11,13-14,27H,12H2,1-3H3/b26-14+. The lowest BCUT2D eigenvalue weighted by Gasteiger charge is -2.15. The molecule has 39 heavy (non-hydrogen) atoms. The number of nitro benzene ring substituents is 2. The van der Waals surface area contributed by atoms with Crippen molar-refractivity contribution in [2.24, 2.45) is 5.10 Å². The van der Waals surface area contributed by atoms with Gasteiger partial charge >= 0.3 is 17.6 Å². The number of ether oxygens (including phenoxy) is 4. The van der Waals surface area contributed by atoms with Crippen LogP contribution in [0.15, 0.2) is 59.7 Å². The van der Waals surface area contributed by atoms with Crippen molar-refractivity contribution >= 4 is 35.2 Å². The molecule has 0 aliphatic heterocycles. The lowest BCUT2D eigenvalue weighted by Crippen LogP contribution is -2.06. The van der Waals surface area contributed by atoms with Crippen molar-refractivity contribution in [3.05, 3.63) is 86.0 Å². The van der Waals surface area contributed by atoms with E-state index in [0.29, 0.717) is 16.9 Å². The van der Waals surface area contributed by atoms with Crippen LogP contribution >= 0.6 is 0 Å². The molecule has 3 rings (SSSR count). The van der Waals surface area contributed by atoms with Crippen LogP contribution in [-0.4, -0.2) is 42.2 Å². The topological polar surface area (TPSA) is 182 Å². The number of non-ortho nitro benzene ring substituents is 1. The Morgan fingerprint density at radius 1 is 0.974 bits per heavy atom. The highest BCUT2D eigenvalue weighted by Crippen LogP contribution is 2.41. The summed E-state index contributed by atoms with van der Waals surface area (Å²) >= 11 is 0. The maximum atomic E-state index is 11.7. The summed E-state index contributed by atoms with van der Waals surface area (Å²) in [6.07, 6.45) is 1.37. The zero-order valence-corrected chi connectivity index (χ0v) is 20.9. The van der Waals surface area contributed by atoms with Crippen LogP contribution in [0.2, 0.25) is 0 Å². The fraction of sp³-hybridized carbons (Fsp3) is 0.160. The second kappa shape index (κ2) is 12.6. The minimum atomic E-state index is -0.774. The van der Waals surface area contributed by atoms with Crippen LogP contribution in [0.1, 0.15) is 18.1 Å². The number of hydrogen-bond donors (Lipinski definition) is 1. The number of carbonyl (C=O) groups is 2. The van der Waals surface area contributed by atoms with Crippen LogP contribution < -0.4 is 19.6 Å². The Morgan fingerprint density at radius 2 is 1.67 bits per heavy atom. The highest BCUT2D eigenvalue weighted by molar-refractivity contribution is 5.84. The van der Waals surface area contributed by atoms with E-state index < -0.39 is 33.2 Å². The molecule has 0 heterocycles. The molecule has 14 heteroatoms. The number of nitro groups is 2. The SMILES string of the molecule is COC(=O)Cc1ccc(Oc2cc(/C=N/Nc3ccc([N+](=O)[O-])cc3[N+](=O)[O-])cc(OC)c2OC(C)=O)cc1. The molecular weight excluding hydrogens is 516 g/mol. The van der Waals surface area contributed by atoms with Crippen molar-refractivity contribution in [1.29, 1.82) is 0 Å². The van der Waals surface area contributed by atoms with E-state index in [0.717, 1.165) is 18.2 Å². The second-order valence-corrected chi connectivity index (χ2v) is 7.73. The smallest absolute Gasteiger partial charge is 0.309 e. The molecule has 3 aromatic rings. The van der Waals surface area contributed by atoms with Crippen molar-refractivity contribution in [3.8, 4) is 23.0 Å². The Balaban J connectivity index is 1.91. The molecule has 0 bridgehead atoms. The molecule has 0 amide bonds. The number of rotatable bonds is 11. The van der Waals surface area contributed by atoms with Gasteiger partial charge in [-0.3, -0.25) is 35.2 Å². The second-order valence-electron chi connectivity index (χ2n) is 7.73. The van der Waals surface area contributed by atoms with Gasteiger partial charge in [-0.15, -0.1) is 0 Å². The molecule has 0 atom stereocenters. The number of methoxy groups -OCH3 is 2. The van der Waals surface area contributed by atoms with E-state index in [4.69, 9.17) is 14.2 Å². The summed E-state index contributed by atoms with van der Waals surface area (Å²) in [7, 11) is 2.65. The Labute approximate surface area is 221 Å². The largest absolute Gasteiger partial charge is 0.493 e. The fourth-order valence-electron chi connectivity index (χ4n) is 3.24. The summed E-state index contributed by atoms with van der Waals surface area (Å²) in [6, 6.07) is 12.6. The molecule has 14 nitrogen and oxygen atoms in total. The fourth-order valence-corrected chi connectivity index (χ4v) is 3.24. The summed E-state index contributed by atoms with van der Waals surface area (Å²) in [4.78, 5) is 44.0. The number of nitrogens with zero attached hydrogens (tertiary/aromatic N) is 3. The quantitative estimate of drug-likeness (QED) is 0.120. The third-order valence-corrected chi connectivity index (χ3v) is 5.02. The van der Waals surface area contributed by atoms with Gasteiger partial charge in [0.15, 0.2) is 11.5 Å². The Morgan fingerprint density at radius 3 is 2.26 bits per heavy atom. The third-order valence-electron chi connectivity index (χ3n) is 5.02. The predicted molar refractivity (Wildman–Crippen MR) is 138 cm³/mol. The van der Waals surface area contributed by atoms with Gasteiger partial charge in [0.1, 0.15) is 11.4 Å². The van der Waals surface area contributed by atoms with Gasteiger partial charge < -0.3 is 18.9 Å². The maximum Gasteiger partial charge on any atom is 0.309 e. The average molecular weight is 538 g/mol. The molecule has 1 N–H and O–H groups in total. The van der Waals surface area contributed by atoms with Crippen molar-refractivity contribution in [2.75, 3.05) is 19.6 Å². The van der Waals surface area contributed by atoms with E-state index >= 15 is 0 Å². The number of nitrogens with one attached hydrogen (secondary N) is 1. The van der Waals surface area contributed by atoms with E-state index in [1.54, 1.807) is 24.3 Å². The van der Waals surface area contributed by atoms with Crippen molar-refractivity contribution in [2.45, 2.75) is 13.3 Å². The van der Waals surface area contributed by atoms with Gasteiger partial charge in [0, 0.05) is 18.6 Å². The first-order valence-electron chi connectivity index (χ1n) is 11.1. The van der Waals surface area contributed by atoms with Gasteiger partial charge in [0.05, 0.1) is 42.8 Å². The molecule has 0 aliphatic rings. The van der Waals surface area contributed by atoms with Crippen molar-refractivity contribution in [1.82, 2.24) is 0 Å². The van der Waals surface area contributed by atoms with E-state index in [1.165, 1.54) is 39.5 Å². The summed E-state index contributed by atoms with van der Waals surface area (Å²) < 4.78 is 21.2. The first-order valence-corrected chi connectivity index (χ1v) is 11.1. The van der Waals surface area contributed by atoms with Crippen LogP contribution in [0, 0.1) is 20.2 Å². The van der Waals surface area contributed by atoms with E-state index in [-0.39, 0.29) is 29.4 Å². The normalized spacial score (nSPS) is 10.5. The Bertz CT molecular complexity index is 1440. The molecule has 0 saturated heterocycles. The first-order chi connectivity index (χ1) is 18.6. The summed E-state index contributed by atoms with van der Waals surface area (Å²) in [5.74, 6) is -0.446. The number of anilines is 1. The highest BCUT2D eigenvalue weighted by atomic mass is 16.6. The number of benzene rings is 3. The van der Waals surface area contributed by atoms with Gasteiger partial charge in [-0.2, -0.15) is 5.10 Å². The number of esters is 2. The van der Waals surface area contributed by atoms with Gasteiger partial charge in [0.25, 0.3) is 5.69 Å². The molecule has 0 saturated carbocycles. The Hall–Kier alpha value is -5.53. The lowest BCUT2D eigenvalue weighted by atomic mass is 10.1. The molecule has 3 aromatic carbocycles. The summed E-state index contributed by atoms with van der Waals surface area (Å²) in [5.41, 5.74) is 2.51. The molecule has 0 spiro atoms. The zero-order valence-electron chi connectivity index (χ0n) is 20.9.